The number of rotatable bonds is 36. The number of amides is 6. The summed E-state index contributed by atoms with van der Waals surface area (Å²) < 4.78 is 127. The number of furan rings is 3. The topological polar surface area (TPSA) is 511 Å². The second kappa shape index (κ2) is 48.9. The molecule has 12 aromatic rings. The van der Waals surface area contributed by atoms with Gasteiger partial charge in [-0.05, 0) is 228 Å². The number of aliphatic imine (C=N–C) groups is 1. The van der Waals surface area contributed by atoms with Crippen molar-refractivity contribution in [3.63, 3.8) is 0 Å². The zero-order valence-electron chi connectivity index (χ0n) is 80.2. The van der Waals surface area contributed by atoms with Crippen molar-refractivity contribution in [2.75, 3.05) is 77.1 Å². The number of carbonyl (C=O) groups is 6. The Morgan fingerprint density at radius 1 is 0.541 bits per heavy atom. The van der Waals surface area contributed by atoms with Crippen molar-refractivity contribution >= 4 is 129 Å². The molecule has 0 radical (unpaired) electrons. The van der Waals surface area contributed by atoms with E-state index in [0.717, 1.165) is 50.4 Å². The molecule has 8 heterocycles. The molecule has 38 nitrogen and oxygen atoms in total. The second-order valence-corrected chi connectivity index (χ2v) is 34.6. The normalized spacial score (nSPS) is 14.2. The zero-order valence-corrected chi connectivity index (χ0v) is 82.6. The number of carboxylic acid groups (broad SMARTS) is 2. The molecule has 2 aliphatic carbocycles. The molecule has 2 atom stereocenters. The van der Waals surface area contributed by atoms with Crippen LogP contribution in [0.2, 0.25) is 10.0 Å². The highest BCUT2D eigenvalue weighted by Gasteiger charge is 2.37. The van der Waals surface area contributed by atoms with Gasteiger partial charge in [-0.3, -0.25) is 24.5 Å². The van der Waals surface area contributed by atoms with Crippen LogP contribution in [-0.4, -0.2) is 175 Å². The first kappa shape index (κ1) is 107. The molecule has 6 amide bonds. The van der Waals surface area contributed by atoms with Crippen molar-refractivity contribution in [1.82, 2.24) is 51.8 Å². The molecular formula is C102H99BCl2F2N12O26S. The lowest BCUT2D eigenvalue weighted by Gasteiger charge is -2.23. The van der Waals surface area contributed by atoms with Gasteiger partial charge in [0.15, 0.2) is 58.4 Å². The molecule has 12 N–H and O–H groups in total. The molecule has 146 heavy (non-hydrogen) atoms. The Hall–Kier alpha value is -16.7. The van der Waals surface area contributed by atoms with E-state index >= 15 is 0 Å². The standard InChI is InChI=1S/C26H24ClN3O7.C26H26FN3O7.C25H23BFN3O6.C25H26ClN3O6S/c1-14-18(7-15-8-20(34-2)25(21(9-15)35-3)37-13-22(31)32)24-19(10-16(27)11-28-24)23(14)30-26(33)29-12-17-5-4-6-36-17;1-14-17(7-15-8-20(34-2)25(21(9-15)35-3)37-13-23(31)32)19-12-28-22(27)10-18(19)24(14)30-26(33)29-11-16-5-4-6-36-16;1-34-22-10-15(11-23(35-2)25(22)36-26(32)33)9-20-18-7-6-16(27)12-19(18)21(30-20)13-24(31)29-14-17-5-3-4-8-28-17;1-29-20(9-15-10-22(33-2)25(36(27,31)32)23(11-15)34-3)18-7-6-16(26)12-19(18)21(29)13-24(30)28-14-17-5-4-8-35-17/h4-11H,12-13H2,1-3H3,(H,31,32)(H2,29,30,33);4-6,8-10,12,24H,7,11,13H2,1-3H3,(H,31,32)(H2,29,30,33);3-12,32-33H,13-14H2,1-2H3,(H,29,31);4-12,21H,13-14H2,1-3H3,(H,28,30)(H2,27,31,32)/b;;2*20-9+. The number of benzene rings is 6. The van der Waals surface area contributed by atoms with Crippen molar-refractivity contribution in [3.05, 3.63) is 312 Å². The van der Waals surface area contributed by atoms with Crippen molar-refractivity contribution in [3.8, 4) is 63.2 Å². The Kier molecular flexibility index (Phi) is 35.7. The number of hydrogen-bond acceptors (Lipinski definition) is 29. The average Bonchev–Trinajstić information content (AvgIpc) is 1.05. The highest BCUT2D eigenvalue weighted by Crippen LogP contribution is 2.50. The number of carbonyl (C=O) groups excluding carboxylic acids is 4. The summed E-state index contributed by atoms with van der Waals surface area (Å²) in [6.45, 7) is 3.61. The number of carboxylic acids is 2. The summed E-state index contributed by atoms with van der Waals surface area (Å²) >= 11 is 12.5. The molecule has 6 aromatic heterocycles. The van der Waals surface area contributed by atoms with E-state index in [4.69, 9.17) is 104 Å². The SMILES string of the molecule is COc1cc(/C=C2/N=C(CC(=O)NCc3ccccn3)c3cc(F)ccc32)cc(OC)c1OB(O)O.COc1cc(/C=C2\c3ccc(Cl)cc3C(CC(=O)NCc3ccco3)N2C)cc(OC)c1S(N)(=O)=O.COc1cc(C=C2C(C)=C(NC(=O)NCc3ccco3)c3cc(Cl)cnc32)cc(OC)c1OCC(=O)O.COc1cc(CC2=C(C)C(NC(=O)NCc3ccco3)c3cc(F)ncc32)cc(OC)c1OCC(=O)O. The largest absolute Gasteiger partial charge is 0.707 e. The summed E-state index contributed by atoms with van der Waals surface area (Å²) in [7, 11) is 7.02. The number of halogens is 4. The molecule has 760 valence electrons. The van der Waals surface area contributed by atoms with Gasteiger partial charge >= 0.3 is 31.3 Å². The number of pyridine rings is 3. The third-order valence-corrected chi connectivity index (χ3v) is 24.3. The first-order chi connectivity index (χ1) is 70.1. The van der Waals surface area contributed by atoms with Crippen LogP contribution in [-0.2, 0) is 61.8 Å². The molecule has 2 aliphatic heterocycles. The van der Waals surface area contributed by atoms with Gasteiger partial charge in [0.25, 0.3) is 0 Å². The third kappa shape index (κ3) is 26.6. The van der Waals surface area contributed by atoms with E-state index in [9.17, 15) is 56.0 Å². The molecule has 6 aromatic carbocycles. The van der Waals surface area contributed by atoms with E-state index in [-0.39, 0.29) is 95.5 Å². The van der Waals surface area contributed by atoms with Crippen molar-refractivity contribution < 1.29 is 132 Å². The van der Waals surface area contributed by atoms with Crippen molar-refractivity contribution in [1.29, 1.82) is 0 Å². The number of fused-ring (bicyclic) bond motifs is 4. The number of ether oxygens (including phenoxy) is 10. The minimum Gasteiger partial charge on any atom is -0.506 e. The van der Waals surface area contributed by atoms with E-state index in [1.165, 1.54) is 100.0 Å². The van der Waals surface area contributed by atoms with Crippen LogP contribution in [0.5, 0.6) is 63.2 Å². The first-order valence-corrected chi connectivity index (χ1v) is 46.6. The highest BCUT2D eigenvalue weighted by molar-refractivity contribution is 7.89. The van der Waals surface area contributed by atoms with Crippen molar-refractivity contribution in [2.45, 2.75) is 76.3 Å². The van der Waals surface area contributed by atoms with Crippen LogP contribution in [0.1, 0.15) is 129 Å². The Morgan fingerprint density at radius 3 is 1.62 bits per heavy atom. The molecule has 0 spiro atoms. The minimum absolute atomic E-state index is 0.0137. The lowest BCUT2D eigenvalue weighted by atomic mass is 9.98. The van der Waals surface area contributed by atoms with Gasteiger partial charge < -0.3 is 122 Å². The number of nitrogens with one attached hydrogen (secondary N) is 6. The van der Waals surface area contributed by atoms with Crippen LogP contribution < -0.4 is 89.1 Å². The van der Waals surface area contributed by atoms with Crippen molar-refractivity contribution in [2.24, 2.45) is 10.1 Å². The summed E-state index contributed by atoms with van der Waals surface area (Å²) in [5.74, 6) is 0.199. The van der Waals surface area contributed by atoms with Gasteiger partial charge in [-0.1, -0.05) is 35.3 Å². The number of hydrogen-bond donors (Lipinski definition) is 11. The minimum atomic E-state index is -4.09. The van der Waals surface area contributed by atoms with Crippen LogP contribution in [0.3, 0.4) is 0 Å². The number of nitrogens with two attached hydrogens (primary N) is 1. The Balaban J connectivity index is 0.000000163. The predicted molar refractivity (Wildman–Crippen MR) is 534 cm³/mol. The number of nitrogens with zero attached hydrogens (tertiary/aromatic N) is 5. The Bertz CT molecular complexity index is 7070. The van der Waals surface area contributed by atoms with Crippen LogP contribution in [0, 0.1) is 11.8 Å². The maximum atomic E-state index is 14.1. The molecular weight excluding hydrogens is 1960 g/mol. The molecule has 0 fully saturated rings. The summed E-state index contributed by atoms with van der Waals surface area (Å²) in [5, 5.41) is 59.7. The van der Waals surface area contributed by atoms with Gasteiger partial charge in [0.1, 0.15) is 34.6 Å². The van der Waals surface area contributed by atoms with E-state index in [2.05, 4.69) is 51.8 Å². The van der Waals surface area contributed by atoms with Crippen LogP contribution in [0.25, 0.3) is 46.5 Å². The maximum Gasteiger partial charge on any atom is 0.707 e. The number of methoxy groups -OCH3 is 8. The second-order valence-electron chi connectivity index (χ2n) is 32.2. The van der Waals surface area contributed by atoms with E-state index in [0.29, 0.717) is 131 Å². The van der Waals surface area contributed by atoms with Gasteiger partial charge in [-0.15, -0.1) is 0 Å². The maximum absolute atomic E-state index is 14.1. The lowest BCUT2D eigenvalue weighted by Crippen LogP contribution is -2.37. The molecule has 4 aliphatic rings. The summed E-state index contributed by atoms with van der Waals surface area (Å²) in [6, 6.07) is 40.3. The summed E-state index contributed by atoms with van der Waals surface area (Å²) in [5.41, 5.74) is 14.5. The quantitative estimate of drug-likeness (QED) is 0.0128. The van der Waals surface area contributed by atoms with Crippen LogP contribution in [0.4, 0.5) is 18.4 Å². The van der Waals surface area contributed by atoms with Gasteiger partial charge in [0, 0.05) is 69.7 Å². The smallest absolute Gasteiger partial charge is 0.506 e. The lowest BCUT2D eigenvalue weighted by molar-refractivity contribution is -0.140. The number of aliphatic carboxylic acids is 2. The number of primary sulfonamides is 1. The first-order valence-electron chi connectivity index (χ1n) is 44.3. The predicted octanol–water partition coefficient (Wildman–Crippen LogP) is 14.8. The molecule has 44 heteroatoms. The number of sulfonamides is 1. The fourth-order valence-electron chi connectivity index (χ4n) is 16.2. The molecule has 0 saturated heterocycles. The number of urea groups is 2. The average molecular weight is 2060 g/mol. The van der Waals surface area contributed by atoms with E-state index < -0.39 is 72.4 Å². The summed E-state index contributed by atoms with van der Waals surface area (Å²) in [6.07, 6.45) is 15.2. The Labute approximate surface area is 845 Å². The molecule has 0 bridgehead atoms. The summed E-state index contributed by atoms with van der Waals surface area (Å²) in [4.78, 5) is 91.5. The molecule has 0 saturated carbocycles. The van der Waals surface area contributed by atoms with E-state index in [1.807, 2.05) is 56.1 Å². The molecule has 16 rings (SSSR count). The van der Waals surface area contributed by atoms with Gasteiger partial charge in [0.2, 0.25) is 39.3 Å². The Morgan fingerprint density at radius 2 is 1.08 bits per heavy atom. The zero-order chi connectivity index (χ0) is 105. The monoisotopic (exact) mass is 2060 g/mol. The third-order valence-electron chi connectivity index (χ3n) is 22.8. The van der Waals surface area contributed by atoms with Crippen LogP contribution >= 0.6 is 23.2 Å². The fourth-order valence-corrected chi connectivity index (χ4v) is 17.4. The number of aromatic nitrogens is 3. The van der Waals surface area contributed by atoms with Gasteiger partial charge in [-0.25, -0.2) is 42.1 Å². The van der Waals surface area contributed by atoms with Gasteiger partial charge in [0.05, 0.1) is 160 Å². The number of allylic oxidation sites excluding steroid dienone is 3. The fraction of sp³-hybridized carbons (Fsp3) is 0.216. The molecule has 2 unspecified atom stereocenters. The highest BCUT2D eigenvalue weighted by atomic mass is 35.5. The van der Waals surface area contributed by atoms with Crippen LogP contribution in [0.15, 0.2) is 223 Å². The van der Waals surface area contributed by atoms with E-state index in [1.54, 1.807) is 134 Å². The van der Waals surface area contributed by atoms with Gasteiger partial charge in [-0.2, -0.15) is 4.39 Å².